The van der Waals surface area contributed by atoms with E-state index in [0.29, 0.717) is 12.0 Å². The fourth-order valence-corrected chi connectivity index (χ4v) is 6.23. The van der Waals surface area contributed by atoms with Gasteiger partial charge in [-0.2, -0.15) is 0 Å². The molecule has 5 heteroatoms. The van der Waals surface area contributed by atoms with Gasteiger partial charge in [-0.05, 0) is 18.8 Å². The molecule has 26 heavy (non-hydrogen) atoms. The summed E-state index contributed by atoms with van der Waals surface area (Å²) < 4.78 is 11.2. The first kappa shape index (κ1) is 18.5. The number of aliphatic hydroxyl groups is 1. The minimum atomic E-state index is -0.498. The number of carbonyl (C=O) groups is 1. The lowest BCUT2D eigenvalue weighted by Crippen LogP contribution is -3.15. The van der Waals surface area contributed by atoms with E-state index in [-0.39, 0.29) is 29.3 Å². The molecule has 3 fully saturated rings. The van der Waals surface area contributed by atoms with Crippen LogP contribution in [0.2, 0.25) is 0 Å². The first-order valence-corrected chi connectivity index (χ1v) is 10.4. The van der Waals surface area contributed by atoms with E-state index >= 15 is 0 Å². The van der Waals surface area contributed by atoms with Gasteiger partial charge in [0.15, 0.2) is 0 Å². The summed E-state index contributed by atoms with van der Waals surface area (Å²) in [6, 6.07) is 0.465. The number of rotatable bonds is 4. The third-order valence-corrected chi connectivity index (χ3v) is 8.05. The van der Waals surface area contributed by atoms with Crippen molar-refractivity contribution in [3.8, 4) is 0 Å². The summed E-state index contributed by atoms with van der Waals surface area (Å²) in [6.07, 6.45) is 6.98. The molecule has 0 bridgehead atoms. The number of hydrogen-bond donors (Lipinski definition) is 2. The second-order valence-electron chi connectivity index (χ2n) is 9.21. The molecule has 0 radical (unpaired) electrons. The number of methoxy groups -OCH3 is 1. The number of esters is 1. The van der Waals surface area contributed by atoms with E-state index < -0.39 is 6.10 Å². The second-order valence-corrected chi connectivity index (χ2v) is 9.21. The Morgan fingerprint density at radius 2 is 2.23 bits per heavy atom. The van der Waals surface area contributed by atoms with Gasteiger partial charge in [-0.25, -0.2) is 0 Å². The molecule has 2 N–H and O–H groups in total. The Morgan fingerprint density at radius 1 is 1.42 bits per heavy atom. The molecule has 2 aliphatic carbocycles. The number of hydrogen-bond acceptors (Lipinski definition) is 4. The number of fused-ring (bicyclic) bond motifs is 2. The van der Waals surface area contributed by atoms with E-state index in [2.05, 4.69) is 19.9 Å². The van der Waals surface area contributed by atoms with Crippen LogP contribution in [0.15, 0.2) is 11.6 Å². The molecule has 0 amide bonds. The predicted octanol–water partition coefficient (Wildman–Crippen LogP) is 0.965. The lowest BCUT2D eigenvalue weighted by Gasteiger charge is -2.51. The van der Waals surface area contributed by atoms with Gasteiger partial charge in [0.25, 0.3) is 0 Å². The number of ether oxygens (including phenoxy) is 2. The average Bonchev–Trinajstić information content (AvgIpc) is 3.16. The summed E-state index contributed by atoms with van der Waals surface area (Å²) in [5, 5.41) is 11.4. The maximum atomic E-state index is 12.7. The molecule has 0 spiro atoms. The zero-order valence-corrected chi connectivity index (χ0v) is 16.4. The van der Waals surface area contributed by atoms with Gasteiger partial charge >= 0.3 is 5.97 Å². The molecule has 1 unspecified atom stereocenters. The van der Waals surface area contributed by atoms with E-state index in [9.17, 15) is 9.90 Å². The predicted molar refractivity (Wildman–Crippen MR) is 97.7 cm³/mol. The molecule has 0 aromatic rings. The highest BCUT2D eigenvalue weighted by Crippen LogP contribution is 2.55. The van der Waals surface area contributed by atoms with Gasteiger partial charge in [0, 0.05) is 37.7 Å². The van der Waals surface area contributed by atoms with E-state index in [1.165, 1.54) is 16.9 Å². The molecule has 8 atom stereocenters. The SMILES string of the molecule is COC[C@H]1CCC[NH+]1C[C@@H]1C(=O)O[C@@H]2CC3=CCC[C@@H](C)[C@@]3(C)[C@@H](O)[C@H]12. The van der Waals surface area contributed by atoms with Crippen LogP contribution in [0.25, 0.3) is 0 Å². The molecular formula is C21H34NO4+. The quantitative estimate of drug-likeness (QED) is 0.576. The zero-order chi connectivity index (χ0) is 18.5. The summed E-state index contributed by atoms with van der Waals surface area (Å²) in [4.78, 5) is 14.2. The highest BCUT2D eigenvalue weighted by Gasteiger charge is 2.60. The molecule has 1 saturated carbocycles. The van der Waals surface area contributed by atoms with E-state index in [1.54, 1.807) is 7.11 Å². The maximum Gasteiger partial charge on any atom is 0.315 e. The van der Waals surface area contributed by atoms with Crippen LogP contribution in [0.4, 0.5) is 0 Å². The summed E-state index contributed by atoms with van der Waals surface area (Å²) in [7, 11) is 1.75. The highest BCUT2D eigenvalue weighted by atomic mass is 16.6. The summed E-state index contributed by atoms with van der Waals surface area (Å²) in [6.45, 7) is 7.07. The average molecular weight is 365 g/mol. The van der Waals surface area contributed by atoms with Gasteiger partial charge in [0.1, 0.15) is 18.1 Å². The van der Waals surface area contributed by atoms with E-state index in [1.807, 2.05) is 0 Å². The van der Waals surface area contributed by atoms with Crippen LogP contribution in [0.3, 0.4) is 0 Å². The highest BCUT2D eigenvalue weighted by molar-refractivity contribution is 5.76. The van der Waals surface area contributed by atoms with Crippen molar-refractivity contribution < 1.29 is 24.3 Å². The fraction of sp³-hybridized carbons (Fsp3) is 0.857. The largest absolute Gasteiger partial charge is 0.461 e. The molecular weight excluding hydrogens is 330 g/mol. The van der Waals surface area contributed by atoms with Gasteiger partial charge < -0.3 is 19.5 Å². The van der Waals surface area contributed by atoms with Crippen molar-refractivity contribution >= 4 is 5.97 Å². The molecule has 2 aliphatic heterocycles. The first-order chi connectivity index (χ1) is 12.5. The summed E-state index contributed by atoms with van der Waals surface area (Å²) in [5.41, 5.74) is 1.10. The number of aliphatic hydroxyl groups excluding tert-OH is 1. The van der Waals surface area contributed by atoms with Crippen molar-refractivity contribution in [2.24, 2.45) is 23.2 Å². The molecule has 4 aliphatic rings. The van der Waals surface area contributed by atoms with Crippen LogP contribution in [0.1, 0.15) is 46.0 Å². The first-order valence-electron chi connectivity index (χ1n) is 10.4. The molecule has 5 nitrogen and oxygen atoms in total. The van der Waals surface area contributed by atoms with E-state index in [4.69, 9.17) is 9.47 Å². The summed E-state index contributed by atoms with van der Waals surface area (Å²) in [5.74, 6) is 0.0942. The minimum absolute atomic E-state index is 0.0681. The molecule has 0 aromatic carbocycles. The standard InChI is InChI=1S/C21H33NO4/c1-13-6-4-7-14-10-17-18(19(23)21(13,14)2)16(20(24)26-17)11-22-9-5-8-15(22)12-25-3/h7,13,15-19,23H,4-6,8-12H2,1-3H3/p+1/t13-,15-,16+,17-,18-,19+,21-/m1/s1. The molecule has 2 heterocycles. The van der Waals surface area contributed by atoms with Crippen molar-refractivity contribution in [1.82, 2.24) is 0 Å². The Kier molecular flexibility index (Phi) is 4.91. The Labute approximate surface area is 156 Å². The Hall–Kier alpha value is -0.910. The lowest BCUT2D eigenvalue weighted by atomic mass is 9.55. The van der Waals surface area contributed by atoms with Crippen LogP contribution in [-0.2, 0) is 14.3 Å². The van der Waals surface area contributed by atoms with Crippen LogP contribution in [0, 0.1) is 23.2 Å². The number of nitrogens with one attached hydrogen (secondary N) is 1. The molecule has 0 aromatic heterocycles. The smallest absolute Gasteiger partial charge is 0.315 e. The van der Waals surface area contributed by atoms with Gasteiger partial charge in [0.2, 0.25) is 0 Å². The zero-order valence-electron chi connectivity index (χ0n) is 16.4. The van der Waals surface area contributed by atoms with Crippen molar-refractivity contribution in [2.75, 3.05) is 26.8 Å². The van der Waals surface area contributed by atoms with E-state index in [0.717, 1.165) is 45.4 Å². The van der Waals surface area contributed by atoms with Crippen molar-refractivity contribution in [2.45, 2.75) is 64.2 Å². The number of allylic oxidation sites excluding steroid dienone is 1. The molecule has 2 saturated heterocycles. The van der Waals surface area contributed by atoms with Crippen molar-refractivity contribution in [3.63, 3.8) is 0 Å². The number of carbonyl (C=O) groups excluding carboxylic acids is 1. The van der Waals surface area contributed by atoms with Gasteiger partial charge in [-0.1, -0.05) is 25.5 Å². The van der Waals surface area contributed by atoms with Crippen LogP contribution >= 0.6 is 0 Å². The topological polar surface area (TPSA) is 60.2 Å². The van der Waals surface area contributed by atoms with Crippen molar-refractivity contribution in [1.29, 1.82) is 0 Å². The van der Waals surface area contributed by atoms with Crippen LogP contribution in [-0.4, -0.2) is 56.1 Å². The summed E-state index contributed by atoms with van der Waals surface area (Å²) >= 11 is 0. The second kappa shape index (κ2) is 6.92. The number of likely N-dealkylation sites (tertiary alicyclic amines) is 1. The maximum absolute atomic E-state index is 12.7. The normalized spacial score (nSPS) is 47.9. The van der Waals surface area contributed by atoms with Crippen LogP contribution in [0.5, 0.6) is 0 Å². The Morgan fingerprint density at radius 3 is 3.00 bits per heavy atom. The third kappa shape index (κ3) is 2.74. The van der Waals surface area contributed by atoms with Crippen molar-refractivity contribution in [3.05, 3.63) is 11.6 Å². The van der Waals surface area contributed by atoms with Gasteiger partial charge in [-0.15, -0.1) is 0 Å². The van der Waals surface area contributed by atoms with Crippen LogP contribution < -0.4 is 4.90 Å². The molecule has 4 rings (SSSR count). The fourth-order valence-electron chi connectivity index (χ4n) is 6.23. The number of quaternary nitrogens is 1. The third-order valence-electron chi connectivity index (χ3n) is 8.05. The monoisotopic (exact) mass is 364 g/mol. The van der Waals surface area contributed by atoms with Gasteiger partial charge in [0.05, 0.1) is 25.8 Å². The Bertz CT molecular complexity index is 591. The van der Waals surface area contributed by atoms with Gasteiger partial charge in [-0.3, -0.25) is 4.79 Å². The molecule has 146 valence electrons. The Balaban J connectivity index is 1.57. The minimum Gasteiger partial charge on any atom is -0.461 e. The lowest BCUT2D eigenvalue weighted by molar-refractivity contribution is -0.915.